The number of unbranched alkanes of at least 4 members (excludes halogenated alkanes) is 1. The van der Waals surface area contributed by atoms with Crippen molar-refractivity contribution in [2.75, 3.05) is 49.1 Å². The van der Waals surface area contributed by atoms with Gasteiger partial charge in [-0.15, -0.1) is 0 Å². The Bertz CT molecular complexity index is 1180. The number of nitrogens with zero attached hydrogens (tertiary/aromatic N) is 6. The molecule has 1 aliphatic rings. The fourth-order valence-corrected chi connectivity index (χ4v) is 5.01. The van der Waals surface area contributed by atoms with Gasteiger partial charge in [-0.25, -0.2) is 9.37 Å². The Morgan fingerprint density at radius 1 is 1.08 bits per heavy atom. The van der Waals surface area contributed by atoms with Crippen LogP contribution in [0.4, 0.5) is 20.9 Å². The summed E-state index contributed by atoms with van der Waals surface area (Å²) in [7, 11) is 0. The standard InChI is InChI=1S/C26H31FN6O3S/c1-2-3-13-32(26-28-24(29-37-26)19-20-4-6-21(27)7-5-20)14-12-25(34)31-17-15-30(16-18-31)22-8-10-23(11-9-22)33(35)36/h4-11H,2-3,12-19H2,1H3. The van der Waals surface area contributed by atoms with Crippen molar-refractivity contribution in [1.29, 1.82) is 0 Å². The summed E-state index contributed by atoms with van der Waals surface area (Å²) in [5.41, 5.74) is 1.95. The molecule has 0 saturated carbocycles. The van der Waals surface area contributed by atoms with Gasteiger partial charge in [0.25, 0.3) is 5.69 Å². The van der Waals surface area contributed by atoms with Crippen LogP contribution >= 0.6 is 11.5 Å². The number of hydrogen-bond acceptors (Lipinski definition) is 8. The first kappa shape index (κ1) is 26.5. The topological polar surface area (TPSA) is 95.7 Å². The summed E-state index contributed by atoms with van der Waals surface area (Å²) in [6.45, 7) is 6.12. The average molecular weight is 527 g/mol. The molecule has 1 saturated heterocycles. The van der Waals surface area contributed by atoms with E-state index >= 15 is 0 Å². The van der Waals surface area contributed by atoms with Gasteiger partial charge in [-0.05, 0) is 36.2 Å². The number of aromatic nitrogens is 2. The lowest BCUT2D eigenvalue weighted by Gasteiger charge is -2.36. The molecule has 0 atom stereocenters. The Kier molecular flexibility index (Phi) is 8.99. The fraction of sp³-hybridized carbons (Fsp3) is 0.423. The molecule has 0 bridgehead atoms. The molecule has 1 fully saturated rings. The number of amides is 1. The number of benzene rings is 2. The van der Waals surface area contributed by atoms with Gasteiger partial charge in [0.15, 0.2) is 0 Å². The average Bonchev–Trinajstić information content (AvgIpc) is 3.38. The Labute approximate surface area is 219 Å². The van der Waals surface area contributed by atoms with Gasteiger partial charge in [0.05, 0.1) is 4.92 Å². The van der Waals surface area contributed by atoms with Crippen molar-refractivity contribution < 1.29 is 14.1 Å². The Balaban J connectivity index is 1.29. The molecule has 1 aromatic heterocycles. The second-order valence-corrected chi connectivity index (χ2v) is 9.76. The Morgan fingerprint density at radius 3 is 2.43 bits per heavy atom. The van der Waals surface area contributed by atoms with Crippen LogP contribution in [0.5, 0.6) is 0 Å². The minimum atomic E-state index is -0.404. The number of carbonyl (C=O) groups is 1. The van der Waals surface area contributed by atoms with E-state index in [1.807, 2.05) is 4.90 Å². The van der Waals surface area contributed by atoms with Crippen molar-refractivity contribution in [1.82, 2.24) is 14.3 Å². The number of halogens is 1. The first-order valence-electron chi connectivity index (χ1n) is 12.5. The van der Waals surface area contributed by atoms with Crippen LogP contribution in [-0.2, 0) is 11.2 Å². The molecule has 1 aliphatic heterocycles. The number of nitro benzene ring substituents is 1. The van der Waals surface area contributed by atoms with Gasteiger partial charge in [0.1, 0.15) is 11.6 Å². The number of piperazine rings is 1. The highest BCUT2D eigenvalue weighted by Crippen LogP contribution is 2.22. The van der Waals surface area contributed by atoms with E-state index in [1.165, 1.54) is 35.8 Å². The maximum absolute atomic E-state index is 13.2. The zero-order valence-corrected chi connectivity index (χ0v) is 21.7. The maximum atomic E-state index is 13.2. The third-order valence-corrected chi connectivity index (χ3v) is 7.25. The van der Waals surface area contributed by atoms with Gasteiger partial charge in [-0.2, -0.15) is 4.37 Å². The van der Waals surface area contributed by atoms with E-state index in [4.69, 9.17) is 4.98 Å². The first-order valence-corrected chi connectivity index (χ1v) is 13.3. The van der Waals surface area contributed by atoms with Crippen molar-refractivity contribution >= 4 is 33.9 Å². The van der Waals surface area contributed by atoms with Crippen LogP contribution < -0.4 is 9.80 Å². The number of anilines is 2. The predicted molar refractivity (Wildman–Crippen MR) is 143 cm³/mol. The van der Waals surface area contributed by atoms with E-state index in [1.54, 1.807) is 24.3 Å². The molecule has 11 heteroatoms. The number of non-ortho nitro benzene ring substituents is 1. The molecular weight excluding hydrogens is 495 g/mol. The largest absolute Gasteiger partial charge is 0.368 e. The van der Waals surface area contributed by atoms with E-state index in [0.717, 1.165) is 35.8 Å². The van der Waals surface area contributed by atoms with Crippen LogP contribution in [-0.4, -0.2) is 64.4 Å². The molecule has 9 nitrogen and oxygen atoms in total. The number of carbonyl (C=O) groups excluding carboxylic acids is 1. The molecule has 3 aromatic rings. The highest BCUT2D eigenvalue weighted by atomic mass is 32.1. The van der Waals surface area contributed by atoms with E-state index in [9.17, 15) is 19.3 Å². The van der Waals surface area contributed by atoms with Gasteiger partial charge >= 0.3 is 0 Å². The van der Waals surface area contributed by atoms with Crippen LogP contribution in [0.15, 0.2) is 48.5 Å². The van der Waals surface area contributed by atoms with Crippen LogP contribution in [0.2, 0.25) is 0 Å². The number of rotatable bonds is 11. The summed E-state index contributed by atoms with van der Waals surface area (Å²) in [5.74, 6) is 0.543. The van der Waals surface area contributed by atoms with Crippen molar-refractivity contribution in [2.24, 2.45) is 0 Å². The fourth-order valence-electron chi connectivity index (χ4n) is 4.27. The predicted octanol–water partition coefficient (Wildman–Crippen LogP) is 4.52. The van der Waals surface area contributed by atoms with E-state index < -0.39 is 4.92 Å². The van der Waals surface area contributed by atoms with Crippen LogP contribution in [0.1, 0.15) is 37.6 Å². The number of nitro groups is 1. The quantitative estimate of drug-likeness (QED) is 0.268. The SMILES string of the molecule is CCCCN(CCC(=O)N1CCN(c2ccc([N+](=O)[O-])cc2)CC1)c1nc(Cc2ccc(F)cc2)ns1. The van der Waals surface area contributed by atoms with E-state index in [0.29, 0.717) is 51.4 Å². The monoisotopic (exact) mass is 526 g/mol. The van der Waals surface area contributed by atoms with Gasteiger partial charge in [0, 0.05) is 81.5 Å². The summed E-state index contributed by atoms with van der Waals surface area (Å²) in [6, 6.07) is 12.9. The number of hydrogen-bond donors (Lipinski definition) is 0. The molecule has 0 aliphatic carbocycles. The lowest BCUT2D eigenvalue weighted by Crippen LogP contribution is -2.49. The molecule has 0 unspecified atom stereocenters. The summed E-state index contributed by atoms with van der Waals surface area (Å²) < 4.78 is 17.7. The van der Waals surface area contributed by atoms with Crippen molar-refractivity contribution in [3.63, 3.8) is 0 Å². The zero-order valence-electron chi connectivity index (χ0n) is 20.9. The summed E-state index contributed by atoms with van der Waals surface area (Å²) in [4.78, 5) is 34.3. The minimum absolute atomic E-state index is 0.0724. The summed E-state index contributed by atoms with van der Waals surface area (Å²) in [5, 5.41) is 11.7. The van der Waals surface area contributed by atoms with E-state index in [-0.39, 0.29) is 17.4 Å². The van der Waals surface area contributed by atoms with Crippen molar-refractivity contribution in [3.05, 3.63) is 75.9 Å². The van der Waals surface area contributed by atoms with Crippen molar-refractivity contribution in [2.45, 2.75) is 32.6 Å². The molecule has 4 rings (SSSR count). The van der Waals surface area contributed by atoms with Crippen LogP contribution in [0, 0.1) is 15.9 Å². The molecule has 2 heterocycles. The van der Waals surface area contributed by atoms with Gasteiger partial charge in [0.2, 0.25) is 11.0 Å². The normalized spacial score (nSPS) is 13.6. The molecule has 196 valence electrons. The third kappa shape index (κ3) is 7.22. The summed E-state index contributed by atoms with van der Waals surface area (Å²) in [6.07, 6.45) is 2.97. The molecule has 1 amide bonds. The van der Waals surface area contributed by atoms with Crippen LogP contribution in [0.3, 0.4) is 0 Å². The molecule has 0 N–H and O–H groups in total. The second-order valence-electron chi connectivity index (χ2n) is 9.03. The lowest BCUT2D eigenvalue weighted by atomic mass is 10.1. The third-order valence-electron chi connectivity index (χ3n) is 6.44. The van der Waals surface area contributed by atoms with Crippen LogP contribution in [0.25, 0.3) is 0 Å². The van der Waals surface area contributed by atoms with Crippen molar-refractivity contribution in [3.8, 4) is 0 Å². The lowest BCUT2D eigenvalue weighted by molar-refractivity contribution is -0.384. The minimum Gasteiger partial charge on any atom is -0.368 e. The molecule has 0 radical (unpaired) electrons. The Morgan fingerprint density at radius 2 is 1.78 bits per heavy atom. The first-order chi connectivity index (χ1) is 17.9. The highest BCUT2D eigenvalue weighted by Gasteiger charge is 2.23. The van der Waals surface area contributed by atoms with Gasteiger partial charge in [-0.1, -0.05) is 25.5 Å². The maximum Gasteiger partial charge on any atom is 0.269 e. The highest BCUT2D eigenvalue weighted by molar-refractivity contribution is 7.09. The zero-order chi connectivity index (χ0) is 26.2. The van der Waals surface area contributed by atoms with Gasteiger partial charge in [-0.3, -0.25) is 14.9 Å². The smallest absolute Gasteiger partial charge is 0.269 e. The van der Waals surface area contributed by atoms with E-state index in [2.05, 4.69) is 21.1 Å². The molecule has 0 spiro atoms. The van der Waals surface area contributed by atoms with Gasteiger partial charge < -0.3 is 14.7 Å². The molecular formula is C26H31FN6O3S. The molecule has 37 heavy (non-hydrogen) atoms. The molecule has 2 aromatic carbocycles. The Hall–Kier alpha value is -3.60. The summed E-state index contributed by atoms with van der Waals surface area (Å²) >= 11 is 1.34. The second kappa shape index (κ2) is 12.6.